The molecule has 2 rings (SSSR count). The summed E-state index contributed by atoms with van der Waals surface area (Å²) in [6.07, 6.45) is 5.50. The average molecular weight is 511 g/mol. The summed E-state index contributed by atoms with van der Waals surface area (Å²) in [4.78, 5) is 11.7. The predicted molar refractivity (Wildman–Crippen MR) is 139 cm³/mol. The molecule has 2 aromatic carbocycles. The summed E-state index contributed by atoms with van der Waals surface area (Å²) in [5, 5.41) is 14.2. The number of unbranched alkanes of at least 4 members (excludes halogenated alkanes) is 3. The minimum Gasteiger partial charge on any atom is -0.462 e. The topological polar surface area (TPSA) is 93.8 Å². The minimum absolute atomic E-state index is 0.278. The van der Waals surface area contributed by atoms with Crippen LogP contribution >= 0.6 is 23.2 Å². The number of aliphatic hydroxyl groups is 1. The molecule has 0 amide bonds. The van der Waals surface area contributed by atoms with Gasteiger partial charge in [-0.3, -0.25) is 0 Å². The number of nitrogens with one attached hydrogen (secondary N) is 1. The van der Waals surface area contributed by atoms with Crippen LogP contribution in [0.4, 0.5) is 5.69 Å². The zero-order valence-corrected chi connectivity index (χ0v) is 21.3. The Hall–Kier alpha value is -1.83. The van der Waals surface area contributed by atoms with E-state index in [0.717, 1.165) is 58.3 Å². The molecule has 1 atom stereocenters. The van der Waals surface area contributed by atoms with Crippen molar-refractivity contribution in [3.05, 3.63) is 63.1 Å². The van der Waals surface area contributed by atoms with Gasteiger partial charge in [-0.1, -0.05) is 48.2 Å². The molecule has 4 N–H and O–H groups in total. The Bertz CT molecular complexity index is 855. The summed E-state index contributed by atoms with van der Waals surface area (Å²) in [6, 6.07) is 10.9. The number of hydrogen-bond donors (Lipinski definition) is 3. The van der Waals surface area contributed by atoms with Crippen molar-refractivity contribution < 1.29 is 19.4 Å². The quantitative estimate of drug-likeness (QED) is 0.155. The van der Waals surface area contributed by atoms with Gasteiger partial charge >= 0.3 is 5.97 Å². The maximum Gasteiger partial charge on any atom is 0.338 e. The molecule has 1 unspecified atom stereocenters. The molecule has 0 aliphatic rings. The van der Waals surface area contributed by atoms with Crippen molar-refractivity contribution in [1.29, 1.82) is 0 Å². The summed E-state index contributed by atoms with van der Waals surface area (Å²) in [5.74, 6) is -0.278. The lowest BCUT2D eigenvalue weighted by molar-refractivity contribution is 0.0526. The van der Waals surface area contributed by atoms with Gasteiger partial charge in [0, 0.05) is 19.8 Å². The Balaban J connectivity index is 1.44. The third-order valence-corrected chi connectivity index (χ3v) is 6.06. The molecule has 0 radical (unpaired) electrons. The van der Waals surface area contributed by atoms with Crippen molar-refractivity contribution >= 4 is 34.9 Å². The van der Waals surface area contributed by atoms with Crippen molar-refractivity contribution in [1.82, 2.24) is 5.32 Å². The van der Waals surface area contributed by atoms with E-state index in [-0.39, 0.29) is 5.97 Å². The third-order valence-electron chi connectivity index (χ3n) is 5.44. The molecule has 0 fully saturated rings. The van der Waals surface area contributed by atoms with Gasteiger partial charge in [-0.15, -0.1) is 0 Å². The van der Waals surface area contributed by atoms with Gasteiger partial charge in [-0.05, 0) is 74.5 Å². The van der Waals surface area contributed by atoms with Gasteiger partial charge in [-0.2, -0.15) is 0 Å². The first-order valence-corrected chi connectivity index (χ1v) is 12.6. The van der Waals surface area contributed by atoms with Crippen LogP contribution in [0, 0.1) is 0 Å². The van der Waals surface area contributed by atoms with E-state index in [1.54, 1.807) is 19.1 Å². The zero-order valence-electron chi connectivity index (χ0n) is 19.8. The molecule has 0 aromatic heterocycles. The van der Waals surface area contributed by atoms with Crippen molar-refractivity contribution in [3.63, 3.8) is 0 Å². The second-order valence-electron chi connectivity index (χ2n) is 8.17. The van der Waals surface area contributed by atoms with E-state index in [9.17, 15) is 9.90 Å². The summed E-state index contributed by atoms with van der Waals surface area (Å²) in [5.41, 5.74) is 8.49. The van der Waals surface area contributed by atoms with Gasteiger partial charge in [0.1, 0.15) is 0 Å². The number of carbonyl (C=O) groups excluding carboxylic acids is 1. The fourth-order valence-electron chi connectivity index (χ4n) is 3.46. The summed E-state index contributed by atoms with van der Waals surface area (Å²) in [6.45, 7) is 4.96. The Morgan fingerprint density at radius 3 is 2.35 bits per heavy atom. The maximum absolute atomic E-state index is 11.7. The number of hydrogen-bond acceptors (Lipinski definition) is 6. The Labute approximate surface area is 212 Å². The molecule has 34 heavy (non-hydrogen) atoms. The lowest BCUT2D eigenvalue weighted by Gasteiger charge is -2.14. The maximum atomic E-state index is 11.7. The van der Waals surface area contributed by atoms with E-state index in [1.807, 2.05) is 24.3 Å². The number of nitrogen functional groups attached to an aromatic ring is 1. The number of carbonyl (C=O) groups is 1. The number of benzene rings is 2. The Morgan fingerprint density at radius 2 is 1.68 bits per heavy atom. The number of rotatable bonds is 16. The van der Waals surface area contributed by atoms with Crippen LogP contribution in [0.3, 0.4) is 0 Å². The number of nitrogens with two attached hydrogens (primary N) is 1. The van der Waals surface area contributed by atoms with Crippen molar-refractivity contribution in [2.45, 2.75) is 51.6 Å². The molecule has 2 aromatic rings. The smallest absolute Gasteiger partial charge is 0.338 e. The van der Waals surface area contributed by atoms with Gasteiger partial charge in [-0.25, -0.2) is 4.79 Å². The number of halogens is 2. The van der Waals surface area contributed by atoms with Crippen LogP contribution in [0.2, 0.25) is 10.0 Å². The van der Waals surface area contributed by atoms with Crippen molar-refractivity contribution in [2.24, 2.45) is 0 Å². The van der Waals surface area contributed by atoms with E-state index < -0.39 is 6.10 Å². The molecule has 0 heterocycles. The summed E-state index contributed by atoms with van der Waals surface area (Å²) < 4.78 is 10.7. The van der Waals surface area contributed by atoms with Gasteiger partial charge in [0.15, 0.2) is 0 Å². The highest BCUT2D eigenvalue weighted by atomic mass is 35.5. The molecule has 188 valence electrons. The number of aryl methyl sites for hydroxylation is 1. The summed E-state index contributed by atoms with van der Waals surface area (Å²) >= 11 is 12.0. The third kappa shape index (κ3) is 10.2. The fraction of sp³-hybridized carbons (Fsp3) is 0.500. The van der Waals surface area contributed by atoms with E-state index >= 15 is 0 Å². The highest BCUT2D eigenvalue weighted by Crippen LogP contribution is 2.31. The molecule has 0 saturated heterocycles. The molecule has 6 nitrogen and oxygen atoms in total. The summed E-state index contributed by atoms with van der Waals surface area (Å²) in [7, 11) is 0. The van der Waals surface area contributed by atoms with Gasteiger partial charge in [0.2, 0.25) is 0 Å². The lowest BCUT2D eigenvalue weighted by atomic mass is 10.1. The van der Waals surface area contributed by atoms with Crippen molar-refractivity contribution in [3.8, 4) is 0 Å². The normalized spacial score (nSPS) is 12.0. The standard InChI is InChI=1S/C26H36Cl2N2O4/c1-2-34-26(32)20-11-9-19(10-12-20)8-7-15-33-14-6-4-3-5-13-30-18-24(31)21-16-22(27)25(29)23(28)17-21/h9-12,16-17,24,30-31H,2-8,13-15,18,29H2,1H3. The first-order chi connectivity index (χ1) is 16.4. The predicted octanol–water partition coefficient (Wildman–Crippen LogP) is 5.59. The second kappa shape index (κ2) is 16.0. The van der Waals surface area contributed by atoms with Gasteiger partial charge < -0.3 is 25.6 Å². The van der Waals surface area contributed by atoms with Crippen molar-refractivity contribution in [2.75, 3.05) is 38.6 Å². The lowest BCUT2D eigenvalue weighted by Crippen LogP contribution is -2.22. The Morgan fingerprint density at radius 1 is 1.03 bits per heavy atom. The van der Waals surface area contributed by atoms with Crippen LogP contribution in [0.25, 0.3) is 0 Å². The first kappa shape index (κ1) is 28.4. The largest absolute Gasteiger partial charge is 0.462 e. The van der Waals surface area contributed by atoms with Crippen LogP contribution in [-0.4, -0.2) is 44.0 Å². The monoisotopic (exact) mass is 510 g/mol. The molecule has 0 spiro atoms. The highest BCUT2D eigenvalue weighted by Gasteiger charge is 2.12. The van der Waals surface area contributed by atoms with Crippen LogP contribution in [0.1, 0.15) is 66.6 Å². The SMILES string of the molecule is CCOC(=O)c1ccc(CCCOCCCCCCNCC(O)c2cc(Cl)c(N)c(Cl)c2)cc1. The number of ether oxygens (including phenoxy) is 2. The molecular weight excluding hydrogens is 475 g/mol. The zero-order chi connectivity index (χ0) is 24.8. The van der Waals surface area contributed by atoms with Gasteiger partial charge in [0.25, 0.3) is 0 Å². The van der Waals surface area contributed by atoms with E-state index in [1.165, 1.54) is 5.56 Å². The number of aliphatic hydroxyl groups excluding tert-OH is 1. The van der Waals surface area contributed by atoms with Crippen LogP contribution in [0.5, 0.6) is 0 Å². The van der Waals surface area contributed by atoms with E-state index in [0.29, 0.717) is 40.0 Å². The molecule has 0 aliphatic heterocycles. The average Bonchev–Trinajstić information content (AvgIpc) is 2.83. The first-order valence-electron chi connectivity index (χ1n) is 11.9. The molecule has 0 aliphatic carbocycles. The van der Waals surface area contributed by atoms with Crippen LogP contribution in [-0.2, 0) is 15.9 Å². The molecular formula is C26H36Cl2N2O4. The second-order valence-corrected chi connectivity index (χ2v) is 8.98. The Kier molecular flexibility index (Phi) is 13.3. The highest BCUT2D eigenvalue weighted by molar-refractivity contribution is 6.38. The molecule has 0 bridgehead atoms. The van der Waals surface area contributed by atoms with E-state index in [2.05, 4.69) is 5.32 Å². The molecule has 0 saturated carbocycles. The fourth-order valence-corrected chi connectivity index (χ4v) is 3.97. The number of anilines is 1. The van der Waals surface area contributed by atoms with Crippen LogP contribution < -0.4 is 11.1 Å². The van der Waals surface area contributed by atoms with Gasteiger partial charge in [0.05, 0.1) is 34.0 Å². The van der Waals surface area contributed by atoms with Crippen LogP contribution in [0.15, 0.2) is 36.4 Å². The number of esters is 1. The molecule has 8 heteroatoms. The minimum atomic E-state index is -0.681. The van der Waals surface area contributed by atoms with E-state index in [4.69, 9.17) is 38.4 Å².